The van der Waals surface area contributed by atoms with E-state index in [9.17, 15) is 4.79 Å². The molecule has 0 aliphatic carbocycles. The standard InChI is InChI=1S/C10H18N4O3/c1-14-9(17-3)6-8(13-14)12-10(15)7(11)4-5-16-2/h6-7H,4-5,11H2,1-3H3,(H,12,13,15). The molecule has 1 rings (SSSR count). The van der Waals surface area contributed by atoms with Crippen molar-refractivity contribution in [1.82, 2.24) is 9.78 Å². The van der Waals surface area contributed by atoms with Crippen LogP contribution in [0.15, 0.2) is 6.07 Å². The number of nitrogens with one attached hydrogen (secondary N) is 1. The molecule has 1 heterocycles. The Bertz CT molecular complexity index is 378. The highest BCUT2D eigenvalue weighted by Gasteiger charge is 2.15. The van der Waals surface area contributed by atoms with Crippen LogP contribution >= 0.6 is 0 Å². The number of hydrogen-bond donors (Lipinski definition) is 2. The molecule has 0 radical (unpaired) electrons. The lowest BCUT2D eigenvalue weighted by Gasteiger charge is -2.09. The Balaban J connectivity index is 2.55. The maximum atomic E-state index is 11.6. The normalized spacial score (nSPS) is 12.2. The number of amides is 1. The van der Waals surface area contributed by atoms with Gasteiger partial charge in [-0.15, -0.1) is 0 Å². The van der Waals surface area contributed by atoms with Gasteiger partial charge in [-0.3, -0.25) is 4.79 Å². The second-order valence-electron chi connectivity index (χ2n) is 3.57. The second kappa shape index (κ2) is 6.21. The molecule has 0 aromatic carbocycles. The van der Waals surface area contributed by atoms with Crippen LogP contribution < -0.4 is 15.8 Å². The Kier molecular flexibility index (Phi) is 4.92. The van der Waals surface area contributed by atoms with E-state index in [0.717, 1.165) is 0 Å². The molecule has 0 aliphatic heterocycles. The van der Waals surface area contributed by atoms with E-state index in [2.05, 4.69) is 10.4 Å². The summed E-state index contributed by atoms with van der Waals surface area (Å²) in [4.78, 5) is 11.6. The van der Waals surface area contributed by atoms with Crippen molar-refractivity contribution < 1.29 is 14.3 Å². The van der Waals surface area contributed by atoms with Gasteiger partial charge in [0.25, 0.3) is 0 Å². The molecule has 17 heavy (non-hydrogen) atoms. The van der Waals surface area contributed by atoms with E-state index >= 15 is 0 Å². The van der Waals surface area contributed by atoms with Crippen LogP contribution in [-0.4, -0.2) is 42.6 Å². The molecule has 1 amide bonds. The third-order valence-corrected chi connectivity index (χ3v) is 2.27. The molecular weight excluding hydrogens is 224 g/mol. The van der Waals surface area contributed by atoms with Gasteiger partial charge in [0.1, 0.15) is 0 Å². The highest BCUT2D eigenvalue weighted by atomic mass is 16.5. The maximum absolute atomic E-state index is 11.6. The lowest BCUT2D eigenvalue weighted by atomic mass is 10.2. The molecule has 1 atom stereocenters. The Labute approximate surface area is 99.9 Å². The van der Waals surface area contributed by atoms with Gasteiger partial charge >= 0.3 is 0 Å². The van der Waals surface area contributed by atoms with Crippen LogP contribution in [0.4, 0.5) is 5.82 Å². The van der Waals surface area contributed by atoms with Gasteiger partial charge in [0.15, 0.2) is 5.82 Å². The minimum Gasteiger partial charge on any atom is -0.481 e. The largest absolute Gasteiger partial charge is 0.481 e. The number of nitrogens with zero attached hydrogens (tertiary/aromatic N) is 2. The smallest absolute Gasteiger partial charge is 0.242 e. The van der Waals surface area contributed by atoms with Crippen molar-refractivity contribution in [2.24, 2.45) is 12.8 Å². The number of carbonyl (C=O) groups is 1. The number of anilines is 1. The SMILES string of the molecule is COCCC(N)C(=O)Nc1cc(OC)n(C)n1. The number of hydrogen-bond acceptors (Lipinski definition) is 5. The molecule has 0 saturated heterocycles. The van der Waals surface area contributed by atoms with Crippen molar-refractivity contribution in [2.45, 2.75) is 12.5 Å². The lowest BCUT2D eigenvalue weighted by molar-refractivity contribution is -0.117. The Morgan fingerprint density at radius 3 is 2.88 bits per heavy atom. The zero-order chi connectivity index (χ0) is 12.8. The summed E-state index contributed by atoms with van der Waals surface area (Å²) in [7, 11) is 4.82. The number of carbonyl (C=O) groups excluding carboxylic acids is 1. The van der Waals surface area contributed by atoms with Crippen molar-refractivity contribution in [3.8, 4) is 5.88 Å². The third kappa shape index (κ3) is 3.72. The van der Waals surface area contributed by atoms with Gasteiger partial charge < -0.3 is 20.5 Å². The molecule has 0 spiro atoms. The summed E-state index contributed by atoms with van der Waals surface area (Å²) >= 11 is 0. The molecule has 1 unspecified atom stereocenters. The number of rotatable bonds is 6. The van der Waals surface area contributed by atoms with E-state index in [1.54, 1.807) is 20.2 Å². The quantitative estimate of drug-likeness (QED) is 0.716. The van der Waals surface area contributed by atoms with E-state index in [-0.39, 0.29) is 5.91 Å². The molecule has 7 nitrogen and oxygen atoms in total. The first-order valence-corrected chi connectivity index (χ1v) is 5.22. The van der Waals surface area contributed by atoms with Crippen molar-refractivity contribution in [3.63, 3.8) is 0 Å². The van der Waals surface area contributed by atoms with Crippen LogP contribution in [0.3, 0.4) is 0 Å². The van der Waals surface area contributed by atoms with E-state index in [4.69, 9.17) is 15.2 Å². The summed E-state index contributed by atoms with van der Waals surface area (Å²) in [5.74, 6) is 0.691. The van der Waals surface area contributed by atoms with Gasteiger partial charge in [-0.05, 0) is 6.42 Å². The summed E-state index contributed by atoms with van der Waals surface area (Å²) in [5, 5.41) is 6.67. The molecule has 3 N–H and O–H groups in total. The van der Waals surface area contributed by atoms with E-state index in [0.29, 0.717) is 24.7 Å². The first-order chi connectivity index (χ1) is 8.08. The fourth-order valence-corrected chi connectivity index (χ4v) is 1.30. The summed E-state index contributed by atoms with van der Waals surface area (Å²) in [6.07, 6.45) is 0.465. The van der Waals surface area contributed by atoms with E-state index in [1.165, 1.54) is 11.8 Å². The summed E-state index contributed by atoms with van der Waals surface area (Å²) < 4.78 is 11.4. The highest BCUT2D eigenvalue weighted by molar-refractivity contribution is 5.93. The van der Waals surface area contributed by atoms with Crippen LogP contribution in [0.1, 0.15) is 6.42 Å². The minimum atomic E-state index is -0.608. The van der Waals surface area contributed by atoms with Crippen molar-refractivity contribution in [3.05, 3.63) is 6.07 Å². The summed E-state index contributed by atoms with van der Waals surface area (Å²) in [5.41, 5.74) is 5.67. The van der Waals surface area contributed by atoms with E-state index < -0.39 is 6.04 Å². The zero-order valence-corrected chi connectivity index (χ0v) is 10.3. The molecule has 0 bridgehead atoms. The average Bonchev–Trinajstić information content (AvgIpc) is 2.66. The van der Waals surface area contributed by atoms with Crippen LogP contribution in [0.5, 0.6) is 5.88 Å². The van der Waals surface area contributed by atoms with Crippen LogP contribution in [0, 0.1) is 0 Å². The molecule has 1 aromatic heterocycles. The number of aryl methyl sites for hydroxylation is 1. The molecule has 0 aliphatic rings. The fraction of sp³-hybridized carbons (Fsp3) is 0.600. The molecule has 7 heteroatoms. The monoisotopic (exact) mass is 242 g/mol. The third-order valence-electron chi connectivity index (χ3n) is 2.27. The summed E-state index contributed by atoms with van der Waals surface area (Å²) in [6.45, 7) is 0.445. The lowest BCUT2D eigenvalue weighted by Crippen LogP contribution is -2.36. The maximum Gasteiger partial charge on any atom is 0.242 e. The van der Waals surface area contributed by atoms with E-state index in [1.807, 2.05) is 0 Å². The van der Waals surface area contributed by atoms with Crippen molar-refractivity contribution in [1.29, 1.82) is 0 Å². The second-order valence-corrected chi connectivity index (χ2v) is 3.57. The molecule has 96 valence electrons. The Morgan fingerprint density at radius 1 is 1.65 bits per heavy atom. The topological polar surface area (TPSA) is 91.4 Å². The van der Waals surface area contributed by atoms with Gasteiger partial charge in [0.05, 0.1) is 13.2 Å². The molecule has 0 fully saturated rings. The molecule has 1 aromatic rings. The van der Waals surface area contributed by atoms with Gasteiger partial charge in [-0.2, -0.15) is 5.10 Å². The van der Waals surface area contributed by atoms with Crippen LogP contribution in [-0.2, 0) is 16.6 Å². The van der Waals surface area contributed by atoms with Crippen LogP contribution in [0.25, 0.3) is 0 Å². The van der Waals surface area contributed by atoms with Gasteiger partial charge in [0.2, 0.25) is 11.8 Å². The zero-order valence-electron chi connectivity index (χ0n) is 10.3. The highest BCUT2D eigenvalue weighted by Crippen LogP contribution is 2.15. The Hall–Kier alpha value is -1.60. The molecule has 0 saturated carbocycles. The number of ether oxygens (including phenoxy) is 2. The van der Waals surface area contributed by atoms with Crippen molar-refractivity contribution in [2.75, 3.05) is 26.1 Å². The van der Waals surface area contributed by atoms with Gasteiger partial charge in [-0.25, -0.2) is 4.68 Å². The molecular formula is C10H18N4O3. The predicted molar refractivity (Wildman–Crippen MR) is 62.9 cm³/mol. The Morgan fingerprint density at radius 2 is 2.35 bits per heavy atom. The van der Waals surface area contributed by atoms with Gasteiger partial charge in [-0.1, -0.05) is 0 Å². The van der Waals surface area contributed by atoms with Crippen molar-refractivity contribution >= 4 is 11.7 Å². The average molecular weight is 242 g/mol. The summed E-state index contributed by atoms with van der Waals surface area (Å²) in [6, 6.07) is 1.02. The minimum absolute atomic E-state index is 0.289. The number of aromatic nitrogens is 2. The fourth-order valence-electron chi connectivity index (χ4n) is 1.30. The first kappa shape index (κ1) is 13.5. The van der Waals surface area contributed by atoms with Crippen LogP contribution in [0.2, 0.25) is 0 Å². The number of methoxy groups -OCH3 is 2. The number of nitrogens with two attached hydrogens (primary N) is 1. The predicted octanol–water partition coefficient (Wildman–Crippen LogP) is -0.269. The first-order valence-electron chi connectivity index (χ1n) is 5.22. The van der Waals surface area contributed by atoms with Gasteiger partial charge in [0, 0.05) is 26.8 Å².